The summed E-state index contributed by atoms with van der Waals surface area (Å²) < 4.78 is 10.8. The molecule has 0 radical (unpaired) electrons. The zero-order chi connectivity index (χ0) is 25.0. The van der Waals surface area contributed by atoms with E-state index in [9.17, 15) is 5.11 Å². The molecule has 5 rings (SSSR count). The van der Waals surface area contributed by atoms with Gasteiger partial charge in [-0.25, -0.2) is 0 Å². The van der Waals surface area contributed by atoms with Gasteiger partial charge in [0.05, 0.1) is 18.7 Å². The third kappa shape index (κ3) is 7.65. The quantitative estimate of drug-likeness (QED) is 0.337. The Kier molecular flexibility index (Phi) is 11.8. The van der Waals surface area contributed by atoms with Gasteiger partial charge in [-0.3, -0.25) is 9.88 Å². The van der Waals surface area contributed by atoms with Crippen LogP contribution in [-0.2, 0) is 4.74 Å². The Balaban J connectivity index is 0.000000266. The van der Waals surface area contributed by atoms with Crippen molar-refractivity contribution >= 4 is 10.9 Å². The Morgan fingerprint density at radius 3 is 2.40 bits per heavy atom. The van der Waals surface area contributed by atoms with Crippen LogP contribution in [0.2, 0.25) is 0 Å². The van der Waals surface area contributed by atoms with Crippen LogP contribution in [-0.4, -0.2) is 54.4 Å². The summed E-state index contributed by atoms with van der Waals surface area (Å²) in [5, 5.41) is 12.2. The molecule has 5 atom stereocenters. The highest BCUT2D eigenvalue weighted by Gasteiger charge is 2.42. The molecule has 2 bridgehead atoms. The van der Waals surface area contributed by atoms with Crippen LogP contribution in [0.25, 0.3) is 10.9 Å². The molecule has 35 heavy (non-hydrogen) atoms. The number of pyridine rings is 1. The van der Waals surface area contributed by atoms with Crippen molar-refractivity contribution in [2.24, 2.45) is 11.8 Å². The first-order chi connectivity index (χ1) is 17.1. The van der Waals surface area contributed by atoms with Crippen molar-refractivity contribution < 1.29 is 14.6 Å². The summed E-state index contributed by atoms with van der Waals surface area (Å²) in [5.41, 5.74) is 1.89. The minimum Gasteiger partial charge on any atom is -0.497 e. The lowest BCUT2D eigenvalue weighted by molar-refractivity contribution is -0.0562. The number of ether oxygens (including phenoxy) is 2. The highest BCUT2D eigenvalue weighted by atomic mass is 16.5. The summed E-state index contributed by atoms with van der Waals surface area (Å²) in [6.45, 7) is 10.9. The normalized spacial score (nSPS) is 24.1. The summed E-state index contributed by atoms with van der Waals surface area (Å²) in [6.07, 6.45) is 12.7. The van der Waals surface area contributed by atoms with Crippen molar-refractivity contribution in [1.29, 1.82) is 0 Å². The Labute approximate surface area is 213 Å². The van der Waals surface area contributed by atoms with Crippen LogP contribution in [0.3, 0.4) is 0 Å². The second-order valence-electron chi connectivity index (χ2n) is 10.3. The van der Waals surface area contributed by atoms with Gasteiger partial charge in [0, 0.05) is 37.4 Å². The number of fused-ring (bicyclic) bond motifs is 4. The van der Waals surface area contributed by atoms with Crippen LogP contribution in [0.15, 0.2) is 30.5 Å². The average Bonchev–Trinajstić information content (AvgIpc) is 2.92. The van der Waals surface area contributed by atoms with Gasteiger partial charge in [-0.15, -0.1) is 0 Å². The number of aromatic nitrogens is 1. The van der Waals surface area contributed by atoms with E-state index in [1.807, 2.05) is 24.3 Å². The number of aliphatic hydroxyl groups is 1. The lowest BCUT2D eigenvalue weighted by atomic mass is 9.72. The molecule has 196 valence electrons. The maximum atomic E-state index is 11.2. The standard InChI is InChI=1S/C20H26N2O2.C10H22O/c1-3-13-12-22-9-7-14(13)10-19(22)20(23)16-6-8-21-18-5-4-15(24-2)11-17(16)18;1-3-5-7-9-11-10-8-6-4-2/h4-6,8,11,13-14,19-20,23H,3,7,9-10,12H2,1-2H3;3-10H2,1-2H3/t13-,14-,19-,20+;/m0./s1. The smallest absolute Gasteiger partial charge is 0.119 e. The van der Waals surface area contributed by atoms with Crippen molar-refractivity contribution in [1.82, 2.24) is 9.88 Å². The third-order valence-electron chi connectivity index (χ3n) is 7.91. The van der Waals surface area contributed by atoms with E-state index >= 15 is 0 Å². The molecular weight excluding hydrogens is 436 g/mol. The van der Waals surface area contributed by atoms with Crippen LogP contribution in [0.1, 0.15) is 90.2 Å². The van der Waals surface area contributed by atoms with Crippen molar-refractivity contribution in [3.05, 3.63) is 36.0 Å². The van der Waals surface area contributed by atoms with E-state index in [0.717, 1.165) is 66.8 Å². The van der Waals surface area contributed by atoms with E-state index in [1.165, 1.54) is 51.4 Å². The number of hydrogen-bond acceptors (Lipinski definition) is 5. The van der Waals surface area contributed by atoms with Gasteiger partial charge < -0.3 is 14.6 Å². The molecule has 3 aliphatic rings. The number of aliphatic hydroxyl groups excluding tert-OH is 1. The average molecular weight is 485 g/mol. The molecule has 3 aliphatic heterocycles. The molecule has 2 aromatic rings. The number of hydrogen-bond donors (Lipinski definition) is 1. The second kappa shape index (κ2) is 14.8. The molecule has 0 amide bonds. The van der Waals surface area contributed by atoms with Crippen molar-refractivity contribution in [2.75, 3.05) is 33.4 Å². The summed E-state index contributed by atoms with van der Waals surface area (Å²) in [7, 11) is 1.67. The SMILES string of the molecule is CCCCCOCCCCC.CC[C@H]1CN2CC[C@H]1C[C@H]2[C@H](O)c1ccnc2ccc(OC)cc12. The van der Waals surface area contributed by atoms with Crippen LogP contribution in [0.5, 0.6) is 5.75 Å². The fraction of sp³-hybridized carbons (Fsp3) is 0.700. The topological polar surface area (TPSA) is 54.8 Å². The van der Waals surface area contributed by atoms with Crippen molar-refractivity contribution in [3.8, 4) is 5.75 Å². The predicted octanol–water partition coefficient (Wildman–Crippen LogP) is 6.78. The Bertz CT molecular complexity index is 866. The molecule has 0 aliphatic carbocycles. The van der Waals surface area contributed by atoms with Gasteiger partial charge in [-0.05, 0) is 73.9 Å². The van der Waals surface area contributed by atoms with Gasteiger partial charge in [0.25, 0.3) is 0 Å². The lowest BCUT2D eigenvalue weighted by Gasteiger charge is -2.51. The predicted molar refractivity (Wildman–Crippen MR) is 145 cm³/mol. The Hall–Kier alpha value is -1.69. The summed E-state index contributed by atoms with van der Waals surface area (Å²) in [5.74, 6) is 2.37. The van der Waals surface area contributed by atoms with E-state index < -0.39 is 6.10 Å². The van der Waals surface area contributed by atoms with E-state index in [0.29, 0.717) is 0 Å². The van der Waals surface area contributed by atoms with E-state index in [4.69, 9.17) is 9.47 Å². The first-order valence-corrected chi connectivity index (χ1v) is 14.0. The zero-order valence-electron chi connectivity index (χ0n) is 22.5. The Morgan fingerprint density at radius 2 is 1.80 bits per heavy atom. The fourth-order valence-electron chi connectivity index (χ4n) is 5.72. The zero-order valence-corrected chi connectivity index (χ0v) is 22.5. The highest BCUT2D eigenvalue weighted by molar-refractivity contribution is 5.83. The highest BCUT2D eigenvalue weighted by Crippen LogP contribution is 2.42. The first-order valence-electron chi connectivity index (χ1n) is 14.0. The molecule has 3 fully saturated rings. The number of nitrogens with zero attached hydrogens (tertiary/aromatic N) is 2. The van der Waals surface area contributed by atoms with Crippen molar-refractivity contribution in [3.63, 3.8) is 0 Å². The number of methoxy groups -OCH3 is 1. The molecule has 5 heteroatoms. The number of benzene rings is 1. The van der Waals surface area contributed by atoms with E-state index in [-0.39, 0.29) is 6.04 Å². The van der Waals surface area contributed by atoms with Gasteiger partial charge in [0.15, 0.2) is 0 Å². The minimum atomic E-state index is -0.469. The second-order valence-corrected chi connectivity index (χ2v) is 10.3. The minimum absolute atomic E-state index is 0.225. The monoisotopic (exact) mass is 484 g/mol. The number of rotatable bonds is 12. The molecule has 1 aromatic carbocycles. The molecule has 4 heterocycles. The number of unbranched alkanes of at least 4 members (excludes halogenated alkanes) is 4. The molecular formula is C30H48N2O3. The lowest BCUT2D eigenvalue weighted by Crippen LogP contribution is -2.55. The maximum absolute atomic E-state index is 11.2. The summed E-state index contributed by atoms with van der Waals surface area (Å²) in [4.78, 5) is 6.94. The van der Waals surface area contributed by atoms with Gasteiger partial charge in [-0.1, -0.05) is 52.9 Å². The molecule has 0 spiro atoms. The van der Waals surface area contributed by atoms with Crippen LogP contribution < -0.4 is 4.74 Å². The van der Waals surface area contributed by atoms with Gasteiger partial charge in [0.2, 0.25) is 0 Å². The van der Waals surface area contributed by atoms with E-state index in [1.54, 1.807) is 13.3 Å². The number of piperidine rings is 3. The molecule has 1 unspecified atom stereocenters. The van der Waals surface area contributed by atoms with Crippen LogP contribution >= 0.6 is 0 Å². The molecule has 1 N–H and O–H groups in total. The molecule has 0 saturated carbocycles. The molecule has 5 nitrogen and oxygen atoms in total. The van der Waals surface area contributed by atoms with E-state index in [2.05, 4.69) is 30.7 Å². The summed E-state index contributed by atoms with van der Waals surface area (Å²) in [6, 6.07) is 8.07. The largest absolute Gasteiger partial charge is 0.497 e. The van der Waals surface area contributed by atoms with Gasteiger partial charge in [-0.2, -0.15) is 0 Å². The third-order valence-corrected chi connectivity index (χ3v) is 7.91. The Morgan fingerprint density at radius 1 is 1.06 bits per heavy atom. The van der Waals surface area contributed by atoms with Gasteiger partial charge in [0.1, 0.15) is 5.75 Å². The van der Waals surface area contributed by atoms with Gasteiger partial charge >= 0.3 is 0 Å². The first kappa shape index (κ1) is 27.9. The molecule has 1 aromatic heterocycles. The summed E-state index contributed by atoms with van der Waals surface area (Å²) >= 11 is 0. The molecule has 3 saturated heterocycles. The van der Waals surface area contributed by atoms with Crippen LogP contribution in [0, 0.1) is 11.8 Å². The maximum Gasteiger partial charge on any atom is 0.119 e. The van der Waals surface area contributed by atoms with Crippen molar-refractivity contribution in [2.45, 2.75) is 90.7 Å². The van der Waals surface area contributed by atoms with Crippen LogP contribution in [0.4, 0.5) is 0 Å². The fourth-order valence-corrected chi connectivity index (χ4v) is 5.72.